The highest BCUT2D eigenvalue weighted by atomic mass is 79.9. The second kappa shape index (κ2) is 5.38. The van der Waals surface area contributed by atoms with Gasteiger partial charge in [-0.3, -0.25) is 0 Å². The predicted molar refractivity (Wildman–Crippen MR) is 59.4 cm³/mol. The molecule has 0 fully saturated rings. The minimum atomic E-state index is -4.67. The van der Waals surface area contributed by atoms with Gasteiger partial charge in [-0.05, 0) is 18.2 Å². The number of aliphatic hydroxyl groups is 1. The molecule has 0 aromatic heterocycles. The number of alkyl halides is 3. The lowest BCUT2D eigenvalue weighted by atomic mass is 10.2. The number of hydrogen-bond donors (Lipinski definition) is 2. The van der Waals surface area contributed by atoms with Gasteiger partial charge in [0.15, 0.2) is 6.10 Å². The summed E-state index contributed by atoms with van der Waals surface area (Å²) in [5, 5.41) is 19.9. The summed E-state index contributed by atoms with van der Waals surface area (Å²) < 4.78 is 36.8. The van der Waals surface area contributed by atoms with Crippen LogP contribution in [-0.4, -0.2) is 23.9 Å². The maximum atomic E-state index is 12.0. The lowest BCUT2D eigenvalue weighted by molar-refractivity contribution is -0.198. The molecular formula is C10H8BrF3N2O. The zero-order valence-corrected chi connectivity index (χ0v) is 10.0. The molecule has 0 radical (unpaired) electrons. The topological polar surface area (TPSA) is 56.0 Å². The van der Waals surface area contributed by atoms with Crippen molar-refractivity contribution >= 4 is 21.6 Å². The number of benzene rings is 1. The third kappa shape index (κ3) is 3.91. The Morgan fingerprint density at radius 2 is 2.12 bits per heavy atom. The molecule has 17 heavy (non-hydrogen) atoms. The van der Waals surface area contributed by atoms with Gasteiger partial charge in [-0.1, -0.05) is 15.9 Å². The Morgan fingerprint density at radius 1 is 1.47 bits per heavy atom. The standard InChI is InChI=1S/C10H8BrF3N2O/c11-7-1-2-8(6(3-7)4-15)16-5-9(17)10(12,13)14/h1-3,9,16-17H,5H2. The quantitative estimate of drug-likeness (QED) is 0.902. The first-order chi connectivity index (χ1) is 7.84. The van der Waals surface area contributed by atoms with Gasteiger partial charge in [-0.2, -0.15) is 18.4 Å². The van der Waals surface area contributed by atoms with E-state index in [1.807, 2.05) is 6.07 Å². The van der Waals surface area contributed by atoms with Crippen LogP contribution in [0.4, 0.5) is 18.9 Å². The van der Waals surface area contributed by atoms with Crippen molar-refractivity contribution in [1.82, 2.24) is 0 Å². The molecular weight excluding hydrogens is 301 g/mol. The lowest BCUT2D eigenvalue weighted by Gasteiger charge is -2.16. The summed E-state index contributed by atoms with van der Waals surface area (Å²) in [6.07, 6.45) is -7.13. The van der Waals surface area contributed by atoms with E-state index >= 15 is 0 Å². The molecule has 0 aliphatic rings. The predicted octanol–water partition coefficient (Wildman–Crippen LogP) is 2.66. The first kappa shape index (κ1) is 13.8. The van der Waals surface area contributed by atoms with Crippen LogP contribution in [0.5, 0.6) is 0 Å². The number of anilines is 1. The molecule has 7 heteroatoms. The van der Waals surface area contributed by atoms with Gasteiger partial charge in [0.2, 0.25) is 0 Å². The van der Waals surface area contributed by atoms with Crippen LogP contribution in [0.1, 0.15) is 5.56 Å². The average Bonchev–Trinajstić information content (AvgIpc) is 2.25. The van der Waals surface area contributed by atoms with Crippen molar-refractivity contribution in [2.45, 2.75) is 12.3 Å². The fourth-order valence-electron chi connectivity index (χ4n) is 1.09. The van der Waals surface area contributed by atoms with Crippen molar-refractivity contribution in [1.29, 1.82) is 5.26 Å². The summed E-state index contributed by atoms with van der Waals surface area (Å²) in [5.74, 6) is 0. The average molecular weight is 309 g/mol. The van der Waals surface area contributed by atoms with E-state index in [9.17, 15) is 13.2 Å². The zero-order chi connectivity index (χ0) is 13.1. The molecule has 1 rings (SSSR count). The van der Waals surface area contributed by atoms with Crippen LogP contribution in [0.25, 0.3) is 0 Å². The molecule has 0 spiro atoms. The molecule has 3 nitrogen and oxygen atoms in total. The van der Waals surface area contributed by atoms with Crippen LogP contribution in [0.2, 0.25) is 0 Å². The van der Waals surface area contributed by atoms with Crippen LogP contribution in [-0.2, 0) is 0 Å². The van der Waals surface area contributed by atoms with Crippen molar-refractivity contribution in [3.63, 3.8) is 0 Å². The monoisotopic (exact) mass is 308 g/mol. The highest BCUT2D eigenvalue weighted by Crippen LogP contribution is 2.23. The Hall–Kier alpha value is -1.26. The van der Waals surface area contributed by atoms with E-state index in [1.165, 1.54) is 12.1 Å². The maximum Gasteiger partial charge on any atom is 0.416 e. The fourth-order valence-corrected chi connectivity index (χ4v) is 1.45. The van der Waals surface area contributed by atoms with Gasteiger partial charge in [0.25, 0.3) is 0 Å². The Morgan fingerprint density at radius 3 is 2.65 bits per heavy atom. The second-order valence-electron chi connectivity index (χ2n) is 3.24. The summed E-state index contributed by atoms with van der Waals surface area (Å²) in [4.78, 5) is 0. The summed E-state index contributed by atoms with van der Waals surface area (Å²) >= 11 is 3.14. The Labute approximate surface area is 104 Å². The van der Waals surface area contributed by atoms with Crippen molar-refractivity contribution in [2.75, 3.05) is 11.9 Å². The molecule has 1 unspecified atom stereocenters. The molecule has 92 valence electrons. The normalized spacial score (nSPS) is 12.9. The smallest absolute Gasteiger partial charge is 0.382 e. The summed E-state index contributed by atoms with van der Waals surface area (Å²) in [6, 6.07) is 6.37. The molecule has 0 aliphatic carbocycles. The van der Waals surface area contributed by atoms with E-state index in [1.54, 1.807) is 6.07 Å². The van der Waals surface area contributed by atoms with Gasteiger partial charge in [-0.15, -0.1) is 0 Å². The number of nitrogens with one attached hydrogen (secondary N) is 1. The third-order valence-electron chi connectivity index (χ3n) is 1.97. The molecule has 2 N–H and O–H groups in total. The van der Waals surface area contributed by atoms with Gasteiger partial charge < -0.3 is 10.4 Å². The van der Waals surface area contributed by atoms with E-state index in [0.717, 1.165) is 0 Å². The Bertz CT molecular complexity index is 442. The van der Waals surface area contributed by atoms with Crippen molar-refractivity contribution in [3.05, 3.63) is 28.2 Å². The second-order valence-corrected chi connectivity index (χ2v) is 4.16. The maximum absolute atomic E-state index is 12.0. The Kier molecular flexibility index (Phi) is 4.37. The molecule has 0 bridgehead atoms. The lowest BCUT2D eigenvalue weighted by Crippen LogP contribution is -2.35. The molecule has 1 aromatic rings. The largest absolute Gasteiger partial charge is 0.416 e. The van der Waals surface area contributed by atoms with Gasteiger partial charge >= 0.3 is 6.18 Å². The van der Waals surface area contributed by atoms with Crippen molar-refractivity contribution in [3.8, 4) is 6.07 Å². The van der Waals surface area contributed by atoms with Crippen LogP contribution in [0.3, 0.4) is 0 Å². The molecule has 0 heterocycles. The van der Waals surface area contributed by atoms with E-state index in [2.05, 4.69) is 21.2 Å². The molecule has 0 saturated carbocycles. The number of rotatable bonds is 3. The SMILES string of the molecule is N#Cc1cc(Br)ccc1NCC(O)C(F)(F)F. The summed E-state index contributed by atoms with van der Waals surface area (Å²) in [6.45, 7) is -0.695. The van der Waals surface area contributed by atoms with E-state index in [4.69, 9.17) is 10.4 Å². The highest BCUT2D eigenvalue weighted by Gasteiger charge is 2.37. The first-order valence-corrected chi connectivity index (χ1v) is 5.32. The van der Waals surface area contributed by atoms with Crippen LogP contribution >= 0.6 is 15.9 Å². The molecule has 0 saturated heterocycles. The van der Waals surface area contributed by atoms with E-state index < -0.39 is 18.8 Å². The number of hydrogen-bond acceptors (Lipinski definition) is 3. The molecule has 0 amide bonds. The Balaban J connectivity index is 2.74. The van der Waals surface area contributed by atoms with Gasteiger partial charge in [-0.25, -0.2) is 0 Å². The van der Waals surface area contributed by atoms with Crippen LogP contribution < -0.4 is 5.32 Å². The summed E-state index contributed by atoms with van der Waals surface area (Å²) in [5.41, 5.74) is 0.452. The zero-order valence-electron chi connectivity index (χ0n) is 8.42. The number of aliphatic hydroxyl groups excluding tert-OH is 1. The van der Waals surface area contributed by atoms with Gasteiger partial charge in [0, 0.05) is 11.0 Å². The molecule has 1 aromatic carbocycles. The van der Waals surface area contributed by atoms with Crippen molar-refractivity contribution in [2.24, 2.45) is 0 Å². The molecule has 0 aliphatic heterocycles. The number of nitriles is 1. The minimum absolute atomic E-state index is 0.203. The van der Waals surface area contributed by atoms with Gasteiger partial charge in [0.05, 0.1) is 11.3 Å². The summed E-state index contributed by atoms with van der Waals surface area (Å²) in [7, 11) is 0. The van der Waals surface area contributed by atoms with Crippen LogP contribution in [0, 0.1) is 11.3 Å². The first-order valence-electron chi connectivity index (χ1n) is 4.53. The van der Waals surface area contributed by atoms with E-state index in [-0.39, 0.29) is 11.3 Å². The molecule has 1 atom stereocenters. The van der Waals surface area contributed by atoms with E-state index in [0.29, 0.717) is 4.47 Å². The number of nitrogens with zero attached hydrogens (tertiary/aromatic N) is 1. The van der Waals surface area contributed by atoms with Crippen LogP contribution in [0.15, 0.2) is 22.7 Å². The van der Waals surface area contributed by atoms with Gasteiger partial charge in [0.1, 0.15) is 6.07 Å². The third-order valence-corrected chi connectivity index (χ3v) is 2.46. The highest BCUT2D eigenvalue weighted by molar-refractivity contribution is 9.10. The van der Waals surface area contributed by atoms with Crippen molar-refractivity contribution < 1.29 is 18.3 Å². The minimum Gasteiger partial charge on any atom is -0.382 e. The number of halogens is 4. The fraction of sp³-hybridized carbons (Fsp3) is 0.300.